The van der Waals surface area contributed by atoms with Gasteiger partial charge in [-0.25, -0.2) is 13.6 Å². The van der Waals surface area contributed by atoms with Gasteiger partial charge in [0, 0.05) is 0 Å². The van der Waals surface area contributed by atoms with E-state index in [4.69, 9.17) is 5.14 Å². The number of sulfonamides is 1. The minimum Gasteiger partial charge on any atom is -0.393 e. The Hall–Kier alpha value is -0.910. The second-order valence-electron chi connectivity index (χ2n) is 4.62. The predicted octanol–water partition coefficient (Wildman–Crippen LogP) is 1.35. The Bertz CT molecular complexity index is 473. The zero-order chi connectivity index (χ0) is 12.5. The first-order valence-corrected chi connectivity index (χ1v) is 7.32. The molecule has 0 radical (unpaired) electrons. The lowest BCUT2D eigenvalue weighted by Gasteiger charge is -2.25. The fourth-order valence-electron chi connectivity index (χ4n) is 2.34. The Balaban J connectivity index is 2.13. The van der Waals surface area contributed by atoms with Crippen LogP contribution >= 0.6 is 0 Å². The number of primary sulfonamides is 1. The molecule has 1 fully saturated rings. The highest BCUT2D eigenvalue weighted by Crippen LogP contribution is 2.33. The van der Waals surface area contributed by atoms with E-state index in [9.17, 15) is 13.5 Å². The van der Waals surface area contributed by atoms with Crippen molar-refractivity contribution in [1.82, 2.24) is 0 Å². The summed E-state index contributed by atoms with van der Waals surface area (Å²) in [5, 5.41) is 14.5. The molecule has 3 N–H and O–H groups in total. The highest BCUT2D eigenvalue weighted by molar-refractivity contribution is 7.89. The normalized spacial score (nSPS) is 25.8. The Morgan fingerprint density at radius 2 is 1.59 bits per heavy atom. The molecule has 5 heteroatoms. The number of hydrogen-bond donors (Lipinski definition) is 2. The van der Waals surface area contributed by atoms with Crippen LogP contribution in [0.4, 0.5) is 0 Å². The third kappa shape index (κ3) is 3.06. The molecule has 0 aromatic heterocycles. The summed E-state index contributed by atoms with van der Waals surface area (Å²) in [5.74, 6) is 0.424. The molecule has 0 saturated heterocycles. The fraction of sp³-hybridized carbons (Fsp3) is 0.500. The van der Waals surface area contributed by atoms with Crippen molar-refractivity contribution in [3.63, 3.8) is 0 Å². The molecule has 0 aliphatic heterocycles. The number of aliphatic hydroxyl groups is 1. The molecule has 4 nitrogen and oxygen atoms in total. The van der Waals surface area contributed by atoms with Gasteiger partial charge in [-0.1, -0.05) is 12.1 Å². The quantitative estimate of drug-likeness (QED) is 0.837. The van der Waals surface area contributed by atoms with Crippen molar-refractivity contribution in [2.24, 2.45) is 5.14 Å². The SMILES string of the molecule is NS(=O)(=O)c1ccc(C2CCC(O)CC2)cc1. The summed E-state index contributed by atoms with van der Waals surface area (Å²) in [5.41, 5.74) is 1.13. The van der Waals surface area contributed by atoms with Crippen molar-refractivity contribution in [2.75, 3.05) is 0 Å². The van der Waals surface area contributed by atoms with Gasteiger partial charge in [-0.15, -0.1) is 0 Å². The highest BCUT2D eigenvalue weighted by Gasteiger charge is 2.20. The Morgan fingerprint density at radius 1 is 1.06 bits per heavy atom. The summed E-state index contributed by atoms with van der Waals surface area (Å²) in [4.78, 5) is 0.150. The lowest BCUT2D eigenvalue weighted by Crippen LogP contribution is -2.17. The zero-order valence-electron chi connectivity index (χ0n) is 9.54. The largest absolute Gasteiger partial charge is 0.393 e. The van der Waals surface area contributed by atoms with Crippen LogP contribution in [0.25, 0.3) is 0 Å². The van der Waals surface area contributed by atoms with Gasteiger partial charge in [-0.2, -0.15) is 0 Å². The standard InChI is InChI=1S/C12H17NO3S/c13-17(15,16)12-7-3-10(4-8-12)9-1-5-11(14)6-2-9/h3-4,7-9,11,14H,1-2,5-6H2,(H2,13,15,16). The third-order valence-corrected chi connectivity index (χ3v) is 4.31. The molecule has 0 spiro atoms. The molecule has 0 heterocycles. The van der Waals surface area contributed by atoms with Crippen molar-refractivity contribution in [2.45, 2.75) is 42.6 Å². The van der Waals surface area contributed by atoms with Crippen molar-refractivity contribution in [3.8, 4) is 0 Å². The molecular formula is C12H17NO3S. The van der Waals surface area contributed by atoms with Gasteiger partial charge in [0.1, 0.15) is 0 Å². The second-order valence-corrected chi connectivity index (χ2v) is 6.18. The molecule has 1 saturated carbocycles. The van der Waals surface area contributed by atoms with Crippen LogP contribution in [0.3, 0.4) is 0 Å². The average Bonchev–Trinajstić information content (AvgIpc) is 2.29. The Morgan fingerprint density at radius 3 is 2.06 bits per heavy atom. The van der Waals surface area contributed by atoms with Gasteiger partial charge in [0.15, 0.2) is 0 Å². The Labute approximate surface area is 102 Å². The van der Waals surface area contributed by atoms with Gasteiger partial charge in [-0.05, 0) is 49.3 Å². The number of aliphatic hydroxyl groups excluding tert-OH is 1. The van der Waals surface area contributed by atoms with Crippen LogP contribution in [0.2, 0.25) is 0 Å². The first-order chi connectivity index (χ1) is 7.97. The van der Waals surface area contributed by atoms with E-state index in [-0.39, 0.29) is 11.0 Å². The van der Waals surface area contributed by atoms with Gasteiger partial charge in [-0.3, -0.25) is 0 Å². The molecule has 1 aliphatic rings. The minimum absolute atomic E-state index is 0.150. The lowest BCUT2D eigenvalue weighted by atomic mass is 9.83. The Kier molecular flexibility index (Phi) is 3.51. The van der Waals surface area contributed by atoms with Crippen molar-refractivity contribution in [3.05, 3.63) is 29.8 Å². The number of hydrogen-bond acceptors (Lipinski definition) is 3. The van der Waals surface area contributed by atoms with E-state index in [0.717, 1.165) is 31.2 Å². The summed E-state index contributed by atoms with van der Waals surface area (Å²) in [6.07, 6.45) is 3.38. The van der Waals surface area contributed by atoms with Crippen LogP contribution < -0.4 is 5.14 Å². The van der Waals surface area contributed by atoms with Crippen LogP contribution in [0.15, 0.2) is 29.2 Å². The van der Waals surface area contributed by atoms with E-state index in [0.29, 0.717) is 5.92 Å². The van der Waals surface area contributed by atoms with Crippen molar-refractivity contribution >= 4 is 10.0 Å². The van der Waals surface area contributed by atoms with Gasteiger partial charge < -0.3 is 5.11 Å². The summed E-state index contributed by atoms with van der Waals surface area (Å²) in [6.45, 7) is 0. The topological polar surface area (TPSA) is 80.4 Å². The van der Waals surface area contributed by atoms with Crippen LogP contribution in [-0.4, -0.2) is 19.6 Å². The molecule has 0 unspecified atom stereocenters. The molecular weight excluding hydrogens is 238 g/mol. The van der Waals surface area contributed by atoms with E-state index < -0.39 is 10.0 Å². The second kappa shape index (κ2) is 4.76. The first kappa shape index (κ1) is 12.5. The number of rotatable bonds is 2. The molecule has 1 aromatic carbocycles. The predicted molar refractivity (Wildman–Crippen MR) is 65.0 cm³/mol. The fourth-order valence-corrected chi connectivity index (χ4v) is 2.85. The summed E-state index contributed by atoms with van der Waals surface area (Å²) >= 11 is 0. The lowest BCUT2D eigenvalue weighted by molar-refractivity contribution is 0.122. The maximum Gasteiger partial charge on any atom is 0.238 e. The molecule has 1 aliphatic carbocycles. The van der Waals surface area contributed by atoms with E-state index in [2.05, 4.69) is 0 Å². The van der Waals surface area contributed by atoms with Crippen LogP contribution in [0, 0.1) is 0 Å². The zero-order valence-corrected chi connectivity index (χ0v) is 10.4. The van der Waals surface area contributed by atoms with E-state index in [1.807, 2.05) is 12.1 Å². The van der Waals surface area contributed by atoms with E-state index in [1.165, 1.54) is 0 Å². The molecule has 1 aromatic rings. The molecule has 0 atom stereocenters. The molecule has 0 amide bonds. The van der Waals surface area contributed by atoms with Crippen molar-refractivity contribution in [1.29, 1.82) is 0 Å². The van der Waals surface area contributed by atoms with Crippen LogP contribution in [-0.2, 0) is 10.0 Å². The van der Waals surface area contributed by atoms with Gasteiger partial charge in [0.25, 0.3) is 0 Å². The van der Waals surface area contributed by atoms with Crippen LogP contribution in [0.1, 0.15) is 37.2 Å². The van der Waals surface area contributed by atoms with Crippen molar-refractivity contribution < 1.29 is 13.5 Å². The first-order valence-electron chi connectivity index (χ1n) is 5.77. The molecule has 0 bridgehead atoms. The minimum atomic E-state index is -3.60. The van der Waals surface area contributed by atoms with E-state index in [1.54, 1.807) is 12.1 Å². The monoisotopic (exact) mass is 255 g/mol. The maximum atomic E-state index is 11.1. The van der Waals surface area contributed by atoms with Gasteiger partial charge in [0.2, 0.25) is 10.0 Å². The maximum absolute atomic E-state index is 11.1. The number of benzene rings is 1. The molecule has 2 rings (SSSR count). The summed E-state index contributed by atoms with van der Waals surface area (Å²) in [6, 6.07) is 6.75. The summed E-state index contributed by atoms with van der Waals surface area (Å²) < 4.78 is 22.2. The van der Waals surface area contributed by atoms with Crippen LogP contribution in [0.5, 0.6) is 0 Å². The number of nitrogens with two attached hydrogens (primary N) is 1. The van der Waals surface area contributed by atoms with E-state index >= 15 is 0 Å². The molecule has 94 valence electrons. The smallest absolute Gasteiger partial charge is 0.238 e. The van der Waals surface area contributed by atoms with Gasteiger partial charge >= 0.3 is 0 Å². The third-order valence-electron chi connectivity index (χ3n) is 3.38. The molecule has 17 heavy (non-hydrogen) atoms. The summed E-state index contributed by atoms with van der Waals surface area (Å²) in [7, 11) is -3.60. The van der Waals surface area contributed by atoms with Gasteiger partial charge in [0.05, 0.1) is 11.0 Å². The highest BCUT2D eigenvalue weighted by atomic mass is 32.2. The average molecular weight is 255 g/mol.